The van der Waals surface area contributed by atoms with Crippen LogP contribution in [0.1, 0.15) is 16.1 Å². The molecule has 0 atom stereocenters. The van der Waals surface area contributed by atoms with Crippen LogP contribution in [-0.4, -0.2) is 30.2 Å². The van der Waals surface area contributed by atoms with Gasteiger partial charge in [-0.15, -0.1) is 0 Å². The number of pyridine rings is 1. The number of fused-ring (bicyclic) bond motifs is 1. The minimum Gasteiger partial charge on any atom is -0.364 e. The Kier molecular flexibility index (Phi) is 4.17. The SMILES string of the molecule is NC(=O)c1cccc2c(-c3ncnc(NCc4cccc(F)c4)n3)ncn12. The molecule has 8 nitrogen and oxygen atoms in total. The minimum absolute atomic E-state index is 0.305. The van der Waals surface area contributed by atoms with Gasteiger partial charge in [-0.05, 0) is 29.8 Å². The lowest BCUT2D eigenvalue weighted by Gasteiger charge is -2.06. The molecule has 0 spiro atoms. The largest absolute Gasteiger partial charge is 0.364 e. The summed E-state index contributed by atoms with van der Waals surface area (Å²) in [5, 5.41) is 3.03. The zero-order chi connectivity index (χ0) is 18.8. The third-order valence-electron chi connectivity index (χ3n) is 3.95. The highest BCUT2D eigenvalue weighted by Gasteiger charge is 2.14. The molecule has 3 aromatic heterocycles. The molecule has 0 saturated carbocycles. The summed E-state index contributed by atoms with van der Waals surface area (Å²) >= 11 is 0. The molecule has 0 radical (unpaired) electrons. The van der Waals surface area contributed by atoms with Gasteiger partial charge in [-0.1, -0.05) is 18.2 Å². The summed E-state index contributed by atoms with van der Waals surface area (Å²) in [5.74, 6) is -0.189. The number of primary amides is 1. The van der Waals surface area contributed by atoms with Gasteiger partial charge in [0.05, 0.1) is 5.52 Å². The van der Waals surface area contributed by atoms with E-state index in [0.717, 1.165) is 5.56 Å². The van der Waals surface area contributed by atoms with Gasteiger partial charge in [-0.3, -0.25) is 9.20 Å². The molecule has 9 heteroatoms. The molecule has 0 aliphatic carbocycles. The Labute approximate surface area is 152 Å². The first-order valence-electron chi connectivity index (χ1n) is 8.05. The zero-order valence-electron chi connectivity index (χ0n) is 14.0. The lowest BCUT2D eigenvalue weighted by molar-refractivity contribution is 0.0994. The van der Waals surface area contributed by atoms with Gasteiger partial charge in [0.25, 0.3) is 5.91 Å². The van der Waals surface area contributed by atoms with E-state index in [4.69, 9.17) is 5.73 Å². The van der Waals surface area contributed by atoms with Gasteiger partial charge in [0.2, 0.25) is 5.95 Å². The molecule has 3 heterocycles. The third kappa shape index (κ3) is 3.30. The van der Waals surface area contributed by atoms with E-state index in [9.17, 15) is 9.18 Å². The molecule has 0 aliphatic rings. The van der Waals surface area contributed by atoms with Crippen molar-refractivity contribution < 1.29 is 9.18 Å². The number of rotatable bonds is 5. The number of benzene rings is 1. The van der Waals surface area contributed by atoms with E-state index in [0.29, 0.717) is 35.2 Å². The van der Waals surface area contributed by atoms with Crippen LogP contribution in [0, 0.1) is 5.82 Å². The van der Waals surface area contributed by atoms with Crippen molar-refractivity contribution in [2.24, 2.45) is 5.73 Å². The molecule has 27 heavy (non-hydrogen) atoms. The molecule has 134 valence electrons. The lowest BCUT2D eigenvalue weighted by Crippen LogP contribution is -2.14. The number of hydrogen-bond acceptors (Lipinski definition) is 6. The summed E-state index contributed by atoms with van der Waals surface area (Å²) in [7, 11) is 0. The highest BCUT2D eigenvalue weighted by molar-refractivity contribution is 5.92. The average molecular weight is 363 g/mol. The number of hydrogen-bond donors (Lipinski definition) is 2. The van der Waals surface area contributed by atoms with Crippen LogP contribution in [0.15, 0.2) is 55.1 Å². The molecule has 0 bridgehead atoms. The molecular formula is C18H14FN7O. The second-order valence-corrected chi connectivity index (χ2v) is 5.74. The first-order chi connectivity index (χ1) is 13.1. The van der Waals surface area contributed by atoms with Gasteiger partial charge in [-0.2, -0.15) is 4.98 Å². The third-order valence-corrected chi connectivity index (χ3v) is 3.95. The number of nitrogens with zero attached hydrogens (tertiary/aromatic N) is 5. The van der Waals surface area contributed by atoms with Crippen molar-refractivity contribution in [1.29, 1.82) is 0 Å². The number of aromatic nitrogens is 5. The van der Waals surface area contributed by atoms with Gasteiger partial charge < -0.3 is 11.1 Å². The normalized spacial score (nSPS) is 10.9. The van der Waals surface area contributed by atoms with E-state index < -0.39 is 5.91 Å². The maximum Gasteiger partial charge on any atom is 0.265 e. The van der Waals surface area contributed by atoms with E-state index in [-0.39, 0.29) is 5.82 Å². The molecule has 4 aromatic rings. The number of amides is 1. The van der Waals surface area contributed by atoms with E-state index in [2.05, 4.69) is 25.3 Å². The Hall–Kier alpha value is -3.88. The molecule has 0 unspecified atom stereocenters. The molecule has 4 rings (SSSR count). The molecule has 0 fully saturated rings. The number of nitrogens with one attached hydrogen (secondary N) is 1. The second kappa shape index (κ2) is 6.79. The minimum atomic E-state index is -0.558. The first-order valence-corrected chi connectivity index (χ1v) is 8.05. The standard InChI is InChI=1S/C18H14FN7O/c19-12-4-1-3-11(7-12)8-21-18-23-9-22-17(25-18)15-13-5-2-6-14(16(20)27)26(13)10-24-15/h1-7,9-10H,8H2,(H2,20,27)(H,21,22,23,25). The maximum atomic E-state index is 13.3. The number of imidazole rings is 1. The zero-order valence-corrected chi connectivity index (χ0v) is 14.0. The van der Waals surface area contributed by atoms with Gasteiger partial charge >= 0.3 is 0 Å². The van der Waals surface area contributed by atoms with Crippen LogP contribution in [0.25, 0.3) is 17.0 Å². The highest BCUT2D eigenvalue weighted by atomic mass is 19.1. The van der Waals surface area contributed by atoms with Gasteiger partial charge in [0, 0.05) is 6.54 Å². The fourth-order valence-electron chi connectivity index (χ4n) is 2.72. The van der Waals surface area contributed by atoms with Gasteiger partial charge in [0.15, 0.2) is 5.82 Å². The summed E-state index contributed by atoms with van der Waals surface area (Å²) in [6.07, 6.45) is 2.85. The van der Waals surface area contributed by atoms with Gasteiger partial charge in [0.1, 0.15) is 29.9 Å². The summed E-state index contributed by atoms with van der Waals surface area (Å²) in [4.78, 5) is 28.5. The summed E-state index contributed by atoms with van der Waals surface area (Å²) < 4.78 is 14.9. The van der Waals surface area contributed by atoms with Crippen LogP contribution < -0.4 is 11.1 Å². The van der Waals surface area contributed by atoms with Crippen LogP contribution in [0.3, 0.4) is 0 Å². The summed E-state index contributed by atoms with van der Waals surface area (Å²) in [5.41, 5.74) is 7.60. The van der Waals surface area contributed by atoms with Crippen LogP contribution in [0.2, 0.25) is 0 Å². The molecule has 0 aliphatic heterocycles. The van der Waals surface area contributed by atoms with Crippen molar-refractivity contribution >= 4 is 17.4 Å². The monoisotopic (exact) mass is 363 g/mol. The number of carbonyl (C=O) groups is 1. The first kappa shape index (κ1) is 16.6. The molecule has 3 N–H and O–H groups in total. The Morgan fingerprint density at radius 2 is 2.00 bits per heavy atom. The number of nitrogens with two attached hydrogens (primary N) is 1. The summed E-state index contributed by atoms with van der Waals surface area (Å²) in [6, 6.07) is 11.4. The molecule has 1 aromatic carbocycles. The topological polar surface area (TPSA) is 111 Å². The van der Waals surface area contributed by atoms with Crippen molar-refractivity contribution in [3.05, 3.63) is 72.2 Å². The number of anilines is 1. The van der Waals surface area contributed by atoms with Gasteiger partial charge in [-0.25, -0.2) is 19.3 Å². The van der Waals surface area contributed by atoms with Crippen LogP contribution in [0.4, 0.5) is 10.3 Å². The lowest BCUT2D eigenvalue weighted by atomic mass is 10.2. The second-order valence-electron chi connectivity index (χ2n) is 5.74. The quantitative estimate of drug-likeness (QED) is 0.561. The average Bonchev–Trinajstić information content (AvgIpc) is 3.11. The van der Waals surface area contributed by atoms with Crippen molar-refractivity contribution in [3.8, 4) is 11.5 Å². The van der Waals surface area contributed by atoms with Crippen molar-refractivity contribution in [2.75, 3.05) is 5.32 Å². The summed E-state index contributed by atoms with van der Waals surface area (Å²) in [6.45, 7) is 0.358. The van der Waals surface area contributed by atoms with Crippen molar-refractivity contribution in [1.82, 2.24) is 24.3 Å². The Morgan fingerprint density at radius 1 is 1.15 bits per heavy atom. The molecule has 0 saturated heterocycles. The Balaban J connectivity index is 1.64. The van der Waals surface area contributed by atoms with Crippen molar-refractivity contribution in [3.63, 3.8) is 0 Å². The van der Waals surface area contributed by atoms with E-state index >= 15 is 0 Å². The molecule has 1 amide bonds. The van der Waals surface area contributed by atoms with E-state index in [1.54, 1.807) is 34.7 Å². The van der Waals surface area contributed by atoms with E-state index in [1.165, 1.54) is 24.8 Å². The Bertz CT molecular complexity index is 1140. The predicted molar refractivity (Wildman–Crippen MR) is 96.3 cm³/mol. The smallest absolute Gasteiger partial charge is 0.265 e. The number of carbonyl (C=O) groups excluding carboxylic acids is 1. The fraction of sp³-hybridized carbons (Fsp3) is 0.0556. The number of halogens is 1. The Morgan fingerprint density at radius 3 is 2.81 bits per heavy atom. The highest BCUT2D eigenvalue weighted by Crippen LogP contribution is 2.21. The van der Waals surface area contributed by atoms with Crippen molar-refractivity contribution in [2.45, 2.75) is 6.54 Å². The fourth-order valence-corrected chi connectivity index (χ4v) is 2.72. The van der Waals surface area contributed by atoms with Crippen LogP contribution in [-0.2, 0) is 6.54 Å². The van der Waals surface area contributed by atoms with E-state index in [1.807, 2.05) is 0 Å². The molecular weight excluding hydrogens is 349 g/mol. The maximum absolute atomic E-state index is 13.3. The predicted octanol–water partition coefficient (Wildman–Crippen LogP) is 2.04. The van der Waals surface area contributed by atoms with Crippen LogP contribution in [0.5, 0.6) is 0 Å². The van der Waals surface area contributed by atoms with Crippen LogP contribution >= 0.6 is 0 Å².